The number of aromatic nitrogens is 4. The summed E-state index contributed by atoms with van der Waals surface area (Å²) in [6.07, 6.45) is 4.16. The van der Waals surface area contributed by atoms with Crippen LogP contribution in [0.5, 0.6) is 0 Å². The van der Waals surface area contributed by atoms with E-state index >= 15 is 0 Å². The molecule has 0 saturated carbocycles. The molecule has 0 saturated heterocycles. The van der Waals surface area contributed by atoms with Gasteiger partial charge in [-0.3, -0.25) is 15.0 Å². The van der Waals surface area contributed by atoms with Gasteiger partial charge >= 0.3 is 6.03 Å². The molecule has 7 nitrogen and oxygen atoms in total. The molecule has 0 radical (unpaired) electrons. The number of carbonyl (C=O) groups excluding carboxylic acids is 1. The number of nitrogens with one attached hydrogen (secondary N) is 2. The Bertz CT molecular complexity index is 551. The van der Waals surface area contributed by atoms with Crippen molar-refractivity contribution in [3.63, 3.8) is 0 Å². The molecule has 0 bridgehead atoms. The standard InChI is InChI=1S/C12H16N6O/c1-3-10-15-11(17-18(10)2)16-12(19)14-8-9-5-4-6-13-7-9/h4-7H,3,8H2,1-2H3,(H2,14,16,17,19). The van der Waals surface area contributed by atoms with Crippen molar-refractivity contribution in [1.82, 2.24) is 25.1 Å². The topological polar surface area (TPSA) is 84.7 Å². The molecule has 100 valence electrons. The Labute approximate surface area is 111 Å². The predicted octanol–water partition coefficient (Wildman–Crippen LogP) is 1.09. The number of aryl methyl sites for hydroxylation is 2. The minimum absolute atomic E-state index is 0.308. The zero-order valence-corrected chi connectivity index (χ0v) is 10.9. The van der Waals surface area contributed by atoms with E-state index in [1.54, 1.807) is 24.1 Å². The Kier molecular flexibility index (Phi) is 4.07. The first-order chi connectivity index (χ1) is 9.19. The molecule has 0 unspecified atom stereocenters. The molecule has 0 spiro atoms. The van der Waals surface area contributed by atoms with Gasteiger partial charge in [0.2, 0.25) is 5.95 Å². The highest BCUT2D eigenvalue weighted by molar-refractivity contribution is 5.87. The number of hydrogen-bond donors (Lipinski definition) is 2. The third kappa shape index (κ3) is 3.51. The number of nitrogens with zero attached hydrogens (tertiary/aromatic N) is 4. The predicted molar refractivity (Wildman–Crippen MR) is 70.5 cm³/mol. The second kappa shape index (κ2) is 5.94. The molecule has 2 rings (SSSR count). The average molecular weight is 260 g/mol. The van der Waals surface area contributed by atoms with E-state index in [-0.39, 0.29) is 6.03 Å². The van der Waals surface area contributed by atoms with Crippen molar-refractivity contribution in [2.45, 2.75) is 19.9 Å². The van der Waals surface area contributed by atoms with Crippen LogP contribution in [0.4, 0.5) is 10.7 Å². The van der Waals surface area contributed by atoms with Crippen LogP contribution >= 0.6 is 0 Å². The molecular weight excluding hydrogens is 244 g/mol. The minimum Gasteiger partial charge on any atom is -0.334 e. The molecule has 0 fully saturated rings. The van der Waals surface area contributed by atoms with Crippen LogP contribution in [0.1, 0.15) is 18.3 Å². The van der Waals surface area contributed by atoms with Gasteiger partial charge in [0, 0.05) is 32.4 Å². The molecular formula is C12H16N6O. The second-order valence-corrected chi connectivity index (χ2v) is 4.00. The van der Waals surface area contributed by atoms with Crippen molar-refractivity contribution in [3.8, 4) is 0 Å². The lowest BCUT2D eigenvalue weighted by Crippen LogP contribution is -2.28. The average Bonchev–Trinajstić information content (AvgIpc) is 2.77. The Morgan fingerprint density at radius 3 is 2.95 bits per heavy atom. The molecule has 0 aliphatic carbocycles. The summed E-state index contributed by atoms with van der Waals surface area (Å²) in [7, 11) is 1.80. The highest BCUT2D eigenvalue weighted by Crippen LogP contribution is 2.02. The summed E-state index contributed by atoms with van der Waals surface area (Å²) in [4.78, 5) is 19.8. The lowest BCUT2D eigenvalue weighted by Gasteiger charge is -2.04. The van der Waals surface area contributed by atoms with Crippen LogP contribution in [0.3, 0.4) is 0 Å². The Morgan fingerprint density at radius 1 is 1.47 bits per heavy atom. The molecule has 0 aromatic carbocycles. The van der Waals surface area contributed by atoms with Crippen LogP contribution in [-0.4, -0.2) is 25.8 Å². The first-order valence-electron chi connectivity index (χ1n) is 6.02. The van der Waals surface area contributed by atoms with E-state index in [9.17, 15) is 4.79 Å². The van der Waals surface area contributed by atoms with Crippen LogP contribution in [0.15, 0.2) is 24.5 Å². The fourth-order valence-corrected chi connectivity index (χ4v) is 1.61. The molecule has 0 atom stereocenters. The normalized spacial score (nSPS) is 10.2. The third-order valence-corrected chi connectivity index (χ3v) is 2.57. The number of amides is 2. The summed E-state index contributed by atoms with van der Waals surface area (Å²) in [5.41, 5.74) is 0.931. The number of pyridine rings is 1. The van der Waals surface area contributed by atoms with Gasteiger partial charge in [-0.2, -0.15) is 4.98 Å². The monoisotopic (exact) mass is 260 g/mol. The number of anilines is 1. The quantitative estimate of drug-likeness (QED) is 0.862. The summed E-state index contributed by atoms with van der Waals surface area (Å²) < 4.78 is 1.65. The maximum atomic E-state index is 11.7. The summed E-state index contributed by atoms with van der Waals surface area (Å²) >= 11 is 0. The fraction of sp³-hybridized carbons (Fsp3) is 0.333. The van der Waals surface area contributed by atoms with E-state index in [0.29, 0.717) is 12.5 Å². The number of urea groups is 1. The minimum atomic E-state index is -0.336. The first-order valence-corrected chi connectivity index (χ1v) is 6.02. The zero-order chi connectivity index (χ0) is 13.7. The molecule has 7 heteroatoms. The second-order valence-electron chi connectivity index (χ2n) is 4.00. The van der Waals surface area contributed by atoms with Crippen molar-refractivity contribution in [3.05, 3.63) is 35.9 Å². The molecule has 0 aliphatic heterocycles. The van der Waals surface area contributed by atoms with Gasteiger partial charge in [0.1, 0.15) is 5.82 Å². The van der Waals surface area contributed by atoms with Gasteiger partial charge in [0.25, 0.3) is 0 Å². The lowest BCUT2D eigenvalue weighted by molar-refractivity contribution is 0.251. The summed E-state index contributed by atoms with van der Waals surface area (Å²) in [6, 6.07) is 3.38. The summed E-state index contributed by atoms with van der Waals surface area (Å²) in [5.74, 6) is 1.13. The van der Waals surface area contributed by atoms with E-state index in [1.165, 1.54) is 0 Å². The SMILES string of the molecule is CCc1nc(NC(=O)NCc2cccnc2)nn1C. The van der Waals surface area contributed by atoms with Crippen molar-refractivity contribution in [1.29, 1.82) is 0 Å². The van der Waals surface area contributed by atoms with E-state index < -0.39 is 0 Å². The van der Waals surface area contributed by atoms with E-state index in [1.807, 2.05) is 19.1 Å². The fourth-order valence-electron chi connectivity index (χ4n) is 1.61. The van der Waals surface area contributed by atoms with Crippen LogP contribution in [0.2, 0.25) is 0 Å². The van der Waals surface area contributed by atoms with Crippen molar-refractivity contribution < 1.29 is 4.79 Å². The van der Waals surface area contributed by atoms with Gasteiger partial charge in [-0.15, -0.1) is 5.10 Å². The van der Waals surface area contributed by atoms with Crippen LogP contribution in [-0.2, 0) is 20.0 Å². The Morgan fingerprint density at radius 2 is 2.32 bits per heavy atom. The highest BCUT2D eigenvalue weighted by Gasteiger charge is 2.08. The van der Waals surface area contributed by atoms with Crippen LogP contribution in [0, 0.1) is 0 Å². The first kappa shape index (κ1) is 13.0. The summed E-state index contributed by atoms with van der Waals surface area (Å²) in [6.45, 7) is 2.39. The number of hydrogen-bond acceptors (Lipinski definition) is 4. The molecule has 0 aliphatic rings. The zero-order valence-electron chi connectivity index (χ0n) is 10.9. The third-order valence-electron chi connectivity index (χ3n) is 2.57. The van der Waals surface area contributed by atoms with Crippen molar-refractivity contribution in [2.24, 2.45) is 7.05 Å². The smallest absolute Gasteiger partial charge is 0.321 e. The van der Waals surface area contributed by atoms with Crippen molar-refractivity contribution >= 4 is 12.0 Å². The van der Waals surface area contributed by atoms with Crippen LogP contribution in [0.25, 0.3) is 0 Å². The largest absolute Gasteiger partial charge is 0.334 e. The Balaban J connectivity index is 1.87. The van der Waals surface area contributed by atoms with Gasteiger partial charge in [-0.05, 0) is 11.6 Å². The van der Waals surface area contributed by atoms with Crippen LogP contribution < -0.4 is 10.6 Å². The van der Waals surface area contributed by atoms with E-state index in [0.717, 1.165) is 17.8 Å². The molecule has 19 heavy (non-hydrogen) atoms. The van der Waals surface area contributed by atoms with Gasteiger partial charge in [-0.25, -0.2) is 4.79 Å². The van der Waals surface area contributed by atoms with Gasteiger partial charge < -0.3 is 5.32 Å². The Hall–Kier alpha value is -2.44. The highest BCUT2D eigenvalue weighted by atomic mass is 16.2. The van der Waals surface area contributed by atoms with E-state index in [2.05, 4.69) is 25.7 Å². The van der Waals surface area contributed by atoms with Gasteiger partial charge in [0.05, 0.1) is 0 Å². The molecule has 2 aromatic heterocycles. The van der Waals surface area contributed by atoms with E-state index in [4.69, 9.17) is 0 Å². The van der Waals surface area contributed by atoms with Gasteiger partial charge in [0.15, 0.2) is 0 Å². The molecule has 2 N–H and O–H groups in total. The number of carbonyl (C=O) groups is 1. The van der Waals surface area contributed by atoms with Crippen molar-refractivity contribution in [2.75, 3.05) is 5.32 Å². The lowest BCUT2D eigenvalue weighted by atomic mass is 10.3. The molecule has 2 aromatic rings. The summed E-state index contributed by atoms with van der Waals surface area (Å²) in [5, 5.41) is 9.41. The number of rotatable bonds is 4. The molecule has 2 heterocycles. The molecule has 2 amide bonds. The maximum Gasteiger partial charge on any atom is 0.321 e. The maximum absolute atomic E-state index is 11.7. The van der Waals surface area contributed by atoms with Gasteiger partial charge in [-0.1, -0.05) is 13.0 Å².